The van der Waals surface area contributed by atoms with Crippen molar-refractivity contribution in [1.29, 1.82) is 0 Å². The predicted molar refractivity (Wildman–Crippen MR) is 114 cm³/mol. The quantitative estimate of drug-likeness (QED) is 0.342. The molecule has 0 heterocycles. The van der Waals surface area contributed by atoms with Gasteiger partial charge in [0.25, 0.3) is 0 Å². The largest absolute Gasteiger partial charge is 0.493 e. The Balaban J connectivity index is 1.87. The summed E-state index contributed by atoms with van der Waals surface area (Å²) in [7, 11) is 0. The van der Waals surface area contributed by atoms with E-state index in [9.17, 15) is 4.79 Å². The molecule has 0 radical (unpaired) electrons. The van der Waals surface area contributed by atoms with Crippen LogP contribution in [0.15, 0.2) is 35.4 Å². The van der Waals surface area contributed by atoms with Gasteiger partial charge in [-0.3, -0.25) is 0 Å². The number of primary amides is 1. The minimum absolute atomic E-state index is 0.474. The summed E-state index contributed by atoms with van der Waals surface area (Å²) in [5.41, 5.74) is 9.85. The third-order valence-corrected chi connectivity index (χ3v) is 4.48. The molecule has 156 valence electrons. The number of ether oxygens (including phenoxy) is 3. The van der Waals surface area contributed by atoms with Crippen LogP contribution in [0.2, 0.25) is 5.02 Å². The molecule has 2 amide bonds. The Bertz CT molecular complexity index is 848. The molecule has 2 aromatic carbocycles. The summed E-state index contributed by atoms with van der Waals surface area (Å²) in [6.45, 7) is 7.30. The normalized spacial score (nSPS) is 10.8. The van der Waals surface area contributed by atoms with Crippen molar-refractivity contribution >= 4 is 23.8 Å². The van der Waals surface area contributed by atoms with Crippen molar-refractivity contribution in [3.8, 4) is 17.2 Å². The van der Waals surface area contributed by atoms with Gasteiger partial charge in [0.1, 0.15) is 5.75 Å². The highest BCUT2D eigenvalue weighted by molar-refractivity contribution is 6.32. The lowest BCUT2D eigenvalue weighted by molar-refractivity contribution is 0.236. The average molecular weight is 420 g/mol. The molecule has 0 aliphatic heterocycles. The Kier molecular flexibility index (Phi) is 8.61. The van der Waals surface area contributed by atoms with E-state index in [1.807, 2.05) is 32.9 Å². The molecule has 2 aromatic rings. The first-order valence-corrected chi connectivity index (χ1v) is 9.66. The number of hydrazone groups is 1. The number of halogens is 1. The molecule has 0 atom stereocenters. The molecule has 0 saturated heterocycles. The molecule has 0 aromatic heterocycles. The number of rotatable bonds is 10. The van der Waals surface area contributed by atoms with Crippen LogP contribution in [0.4, 0.5) is 4.79 Å². The Morgan fingerprint density at radius 3 is 2.45 bits per heavy atom. The van der Waals surface area contributed by atoms with Gasteiger partial charge in [0.2, 0.25) is 0 Å². The molecular weight excluding hydrogens is 394 g/mol. The van der Waals surface area contributed by atoms with E-state index in [2.05, 4.69) is 10.5 Å². The highest BCUT2D eigenvalue weighted by atomic mass is 35.5. The van der Waals surface area contributed by atoms with Gasteiger partial charge in [-0.2, -0.15) is 5.10 Å². The monoisotopic (exact) mass is 419 g/mol. The molecule has 8 heteroatoms. The van der Waals surface area contributed by atoms with E-state index >= 15 is 0 Å². The number of carbonyl (C=O) groups is 1. The number of aryl methyl sites for hydroxylation is 2. The maximum atomic E-state index is 10.7. The molecule has 29 heavy (non-hydrogen) atoms. The van der Waals surface area contributed by atoms with E-state index in [1.54, 1.807) is 18.2 Å². The van der Waals surface area contributed by atoms with Gasteiger partial charge in [-0.15, -0.1) is 0 Å². The highest BCUT2D eigenvalue weighted by Crippen LogP contribution is 2.28. The molecule has 7 nitrogen and oxygen atoms in total. The van der Waals surface area contributed by atoms with E-state index in [-0.39, 0.29) is 0 Å². The van der Waals surface area contributed by atoms with Crippen LogP contribution >= 0.6 is 11.6 Å². The number of hydrogen-bond acceptors (Lipinski definition) is 5. The zero-order chi connectivity index (χ0) is 21.2. The number of nitrogens with two attached hydrogens (primary N) is 1. The molecule has 2 rings (SSSR count). The van der Waals surface area contributed by atoms with E-state index in [1.165, 1.54) is 6.21 Å². The van der Waals surface area contributed by atoms with Crippen LogP contribution in [-0.4, -0.2) is 32.1 Å². The van der Waals surface area contributed by atoms with Crippen LogP contribution in [0.25, 0.3) is 0 Å². The van der Waals surface area contributed by atoms with Crippen LogP contribution in [0, 0.1) is 13.8 Å². The third kappa shape index (κ3) is 7.19. The first kappa shape index (κ1) is 22.4. The average Bonchev–Trinajstić information content (AvgIpc) is 2.67. The summed E-state index contributed by atoms with van der Waals surface area (Å²) in [6.07, 6.45) is 2.18. The van der Waals surface area contributed by atoms with E-state index in [0.29, 0.717) is 37.7 Å². The van der Waals surface area contributed by atoms with Crippen molar-refractivity contribution in [2.45, 2.75) is 27.2 Å². The second-order valence-electron chi connectivity index (χ2n) is 6.29. The summed E-state index contributed by atoms with van der Waals surface area (Å²) < 4.78 is 17.2. The Morgan fingerprint density at radius 2 is 1.79 bits per heavy atom. The first-order chi connectivity index (χ1) is 13.9. The van der Waals surface area contributed by atoms with Crippen LogP contribution in [0.1, 0.15) is 30.0 Å². The second-order valence-corrected chi connectivity index (χ2v) is 6.67. The first-order valence-electron chi connectivity index (χ1n) is 9.28. The second kappa shape index (κ2) is 11.2. The number of urea groups is 1. The topological polar surface area (TPSA) is 95.2 Å². The summed E-state index contributed by atoms with van der Waals surface area (Å²) >= 11 is 6.18. The lowest BCUT2D eigenvalue weighted by Crippen LogP contribution is -2.24. The number of hydrogen-bond donors (Lipinski definition) is 2. The highest BCUT2D eigenvalue weighted by Gasteiger charge is 2.07. The summed E-state index contributed by atoms with van der Waals surface area (Å²) in [5.74, 6) is 2.03. The SMILES string of the molecule is CCOc1cc(/C=N\NC(N)=O)ccc1OCCCOc1cc(C)c(Cl)c(C)c1. The van der Waals surface area contributed by atoms with Crippen molar-refractivity contribution in [2.75, 3.05) is 19.8 Å². The van der Waals surface area contributed by atoms with Gasteiger partial charge in [0.05, 0.1) is 26.0 Å². The van der Waals surface area contributed by atoms with Crippen LogP contribution in [0.3, 0.4) is 0 Å². The zero-order valence-electron chi connectivity index (χ0n) is 16.8. The van der Waals surface area contributed by atoms with E-state index in [4.69, 9.17) is 31.5 Å². The zero-order valence-corrected chi connectivity index (χ0v) is 17.6. The molecule has 0 fully saturated rings. The molecule has 0 saturated carbocycles. The summed E-state index contributed by atoms with van der Waals surface area (Å²) in [4.78, 5) is 10.7. The van der Waals surface area contributed by atoms with Crippen molar-refractivity contribution in [3.63, 3.8) is 0 Å². The lowest BCUT2D eigenvalue weighted by atomic mass is 10.1. The fourth-order valence-electron chi connectivity index (χ4n) is 2.58. The number of nitrogens with zero attached hydrogens (tertiary/aromatic N) is 1. The Hall–Kier alpha value is -2.93. The van der Waals surface area contributed by atoms with Crippen molar-refractivity contribution in [1.82, 2.24) is 5.43 Å². The molecular formula is C21H26ClN3O4. The minimum atomic E-state index is -0.725. The van der Waals surface area contributed by atoms with Crippen LogP contribution in [0.5, 0.6) is 17.2 Å². The van der Waals surface area contributed by atoms with Crippen LogP contribution < -0.4 is 25.4 Å². The van der Waals surface area contributed by atoms with Gasteiger partial charge in [-0.1, -0.05) is 11.6 Å². The smallest absolute Gasteiger partial charge is 0.332 e. The Labute approximate surface area is 175 Å². The minimum Gasteiger partial charge on any atom is -0.493 e. The fourth-order valence-corrected chi connectivity index (χ4v) is 2.69. The van der Waals surface area contributed by atoms with Crippen LogP contribution in [-0.2, 0) is 0 Å². The van der Waals surface area contributed by atoms with Crippen molar-refractivity contribution in [3.05, 3.63) is 52.0 Å². The fraction of sp³-hybridized carbons (Fsp3) is 0.333. The predicted octanol–water partition coefficient (Wildman–Crippen LogP) is 4.21. The number of carbonyl (C=O) groups excluding carboxylic acids is 1. The van der Waals surface area contributed by atoms with Gasteiger partial charge >= 0.3 is 6.03 Å². The van der Waals surface area contributed by atoms with E-state index < -0.39 is 6.03 Å². The van der Waals surface area contributed by atoms with Gasteiger partial charge < -0.3 is 19.9 Å². The number of benzene rings is 2. The Morgan fingerprint density at radius 1 is 1.10 bits per heavy atom. The maximum absolute atomic E-state index is 10.7. The van der Waals surface area contributed by atoms with Gasteiger partial charge in [0, 0.05) is 11.4 Å². The van der Waals surface area contributed by atoms with Gasteiger partial charge in [0.15, 0.2) is 11.5 Å². The van der Waals surface area contributed by atoms with E-state index in [0.717, 1.165) is 27.5 Å². The maximum Gasteiger partial charge on any atom is 0.332 e. The molecule has 0 bridgehead atoms. The number of nitrogens with one attached hydrogen (secondary N) is 1. The standard InChI is InChI=1S/C21H26ClN3O4/c1-4-27-19-12-16(13-24-25-21(23)26)6-7-18(19)29-9-5-8-28-17-10-14(2)20(22)15(3)11-17/h6-7,10-13H,4-5,8-9H2,1-3H3,(H3,23,25,26)/b24-13-. The molecule has 0 aliphatic rings. The summed E-state index contributed by atoms with van der Waals surface area (Å²) in [6, 6.07) is 8.51. The molecule has 0 spiro atoms. The molecule has 0 unspecified atom stereocenters. The lowest BCUT2D eigenvalue weighted by Gasteiger charge is -2.13. The number of amides is 2. The molecule has 3 N–H and O–H groups in total. The molecule has 0 aliphatic carbocycles. The van der Waals surface area contributed by atoms with Crippen molar-refractivity contribution in [2.24, 2.45) is 10.8 Å². The summed E-state index contributed by atoms with van der Waals surface area (Å²) in [5, 5.41) is 4.50. The third-order valence-electron chi connectivity index (χ3n) is 3.88. The van der Waals surface area contributed by atoms with Crippen molar-refractivity contribution < 1.29 is 19.0 Å². The van der Waals surface area contributed by atoms with Gasteiger partial charge in [-0.05, 0) is 67.8 Å². The van der Waals surface area contributed by atoms with Gasteiger partial charge in [-0.25, -0.2) is 10.2 Å².